The Morgan fingerprint density at radius 3 is 2.59 bits per heavy atom. The molecule has 0 unspecified atom stereocenters. The van der Waals surface area contributed by atoms with Crippen LogP contribution in [0.25, 0.3) is 0 Å². The lowest BCUT2D eigenvalue weighted by atomic mass is 10.2. The molecule has 11 heteroatoms. The molecule has 32 heavy (non-hydrogen) atoms. The third-order valence-electron chi connectivity index (χ3n) is 4.69. The first-order valence-electron chi connectivity index (χ1n) is 10.0. The number of sulfonamides is 1. The third-order valence-corrected chi connectivity index (χ3v) is 5.62. The number of rotatable bonds is 9. The van der Waals surface area contributed by atoms with E-state index in [0.717, 1.165) is 35.4 Å². The first-order valence-corrected chi connectivity index (χ1v) is 11.6. The predicted octanol–water partition coefficient (Wildman–Crippen LogP) is 2.32. The van der Waals surface area contributed by atoms with Crippen LogP contribution in [0.5, 0.6) is 0 Å². The number of halogens is 1. The van der Waals surface area contributed by atoms with E-state index < -0.39 is 10.0 Å². The second-order valence-electron chi connectivity index (χ2n) is 7.09. The van der Waals surface area contributed by atoms with Crippen LogP contribution in [0.1, 0.15) is 29.5 Å². The van der Waals surface area contributed by atoms with Gasteiger partial charge in [-0.15, -0.1) is 24.0 Å². The molecule has 0 atom stereocenters. The maximum absolute atomic E-state index is 11.4. The Morgan fingerprint density at radius 2 is 1.97 bits per heavy atom. The molecule has 0 bridgehead atoms. The zero-order valence-electron chi connectivity index (χ0n) is 18.1. The standard InChI is InChI=1S/C21H28N6O3S.HI/c1-3-20-17(15-27(2)26-20)14-25-21(23-11-10-18-5-4-12-30-18)24-13-16-6-8-19(9-7-16)31(22,28)29;/h4-9,12,15H,3,10-11,13-14H2,1-2H3,(H2,22,28,29)(H2,23,24,25);1H. The highest BCUT2D eigenvalue weighted by atomic mass is 127. The van der Waals surface area contributed by atoms with Crippen molar-refractivity contribution in [2.75, 3.05) is 6.54 Å². The molecule has 0 saturated carbocycles. The molecule has 0 radical (unpaired) electrons. The number of primary sulfonamides is 1. The summed E-state index contributed by atoms with van der Waals surface area (Å²) in [5, 5.41) is 16.3. The van der Waals surface area contributed by atoms with Gasteiger partial charge in [0.15, 0.2) is 5.96 Å². The molecule has 0 aliphatic carbocycles. The summed E-state index contributed by atoms with van der Waals surface area (Å²) in [4.78, 5) is 4.72. The van der Waals surface area contributed by atoms with Gasteiger partial charge in [-0.3, -0.25) is 4.68 Å². The number of nitrogens with two attached hydrogens (primary N) is 1. The predicted molar refractivity (Wildman–Crippen MR) is 134 cm³/mol. The Balaban J connectivity index is 0.00000363. The summed E-state index contributed by atoms with van der Waals surface area (Å²) in [5.41, 5.74) is 3.03. The smallest absolute Gasteiger partial charge is 0.238 e. The Bertz CT molecular complexity index is 1110. The number of furan rings is 1. The van der Waals surface area contributed by atoms with Crippen LogP contribution in [0.15, 0.2) is 63.2 Å². The van der Waals surface area contributed by atoms with Gasteiger partial charge < -0.3 is 15.1 Å². The van der Waals surface area contributed by atoms with Gasteiger partial charge in [0.2, 0.25) is 10.0 Å². The van der Waals surface area contributed by atoms with Crippen LogP contribution in [0, 0.1) is 0 Å². The van der Waals surface area contributed by atoms with E-state index in [-0.39, 0.29) is 28.9 Å². The Labute approximate surface area is 205 Å². The van der Waals surface area contributed by atoms with Crippen molar-refractivity contribution in [3.63, 3.8) is 0 Å². The SMILES string of the molecule is CCc1nn(C)cc1CNC(=NCc1ccc(S(N)(=O)=O)cc1)NCCc1ccco1.I. The second kappa shape index (κ2) is 12.0. The van der Waals surface area contributed by atoms with Crippen LogP contribution >= 0.6 is 24.0 Å². The maximum Gasteiger partial charge on any atom is 0.238 e. The van der Waals surface area contributed by atoms with E-state index in [1.165, 1.54) is 12.1 Å². The first kappa shape index (κ1) is 25.9. The summed E-state index contributed by atoms with van der Waals surface area (Å²) in [7, 11) is -1.80. The maximum atomic E-state index is 11.4. The fraction of sp³-hybridized carbons (Fsp3) is 0.333. The lowest BCUT2D eigenvalue weighted by Gasteiger charge is -2.12. The monoisotopic (exact) mass is 572 g/mol. The lowest BCUT2D eigenvalue weighted by molar-refractivity contribution is 0.506. The van der Waals surface area contributed by atoms with Crippen LogP contribution in [-0.2, 0) is 43.0 Å². The molecule has 0 aliphatic heterocycles. The minimum absolute atomic E-state index is 0. The van der Waals surface area contributed by atoms with E-state index in [0.29, 0.717) is 25.6 Å². The van der Waals surface area contributed by atoms with Crippen LogP contribution < -0.4 is 15.8 Å². The van der Waals surface area contributed by atoms with Crippen molar-refractivity contribution in [1.29, 1.82) is 0 Å². The van der Waals surface area contributed by atoms with Gasteiger partial charge in [0, 0.05) is 38.3 Å². The number of hydrogen-bond acceptors (Lipinski definition) is 5. The van der Waals surface area contributed by atoms with E-state index >= 15 is 0 Å². The number of aromatic nitrogens is 2. The highest BCUT2D eigenvalue weighted by Crippen LogP contribution is 2.10. The Morgan fingerprint density at radius 1 is 1.22 bits per heavy atom. The number of aryl methyl sites for hydroxylation is 2. The average molecular weight is 572 g/mol. The van der Waals surface area contributed by atoms with Gasteiger partial charge in [-0.1, -0.05) is 19.1 Å². The van der Waals surface area contributed by atoms with Crippen molar-refractivity contribution in [3.05, 3.63) is 71.4 Å². The molecule has 0 amide bonds. The number of nitrogens with zero attached hydrogens (tertiary/aromatic N) is 3. The molecule has 0 fully saturated rings. The second-order valence-corrected chi connectivity index (χ2v) is 8.65. The van der Waals surface area contributed by atoms with E-state index in [1.54, 1.807) is 18.4 Å². The van der Waals surface area contributed by atoms with E-state index in [2.05, 4.69) is 27.6 Å². The molecule has 3 aromatic rings. The number of hydrogen-bond donors (Lipinski definition) is 3. The molecular weight excluding hydrogens is 543 g/mol. The zero-order valence-corrected chi connectivity index (χ0v) is 21.3. The van der Waals surface area contributed by atoms with Gasteiger partial charge >= 0.3 is 0 Å². The lowest BCUT2D eigenvalue weighted by Crippen LogP contribution is -2.38. The fourth-order valence-corrected chi connectivity index (χ4v) is 3.61. The fourth-order valence-electron chi connectivity index (χ4n) is 3.10. The summed E-state index contributed by atoms with van der Waals surface area (Å²) in [5.74, 6) is 1.54. The molecule has 9 nitrogen and oxygen atoms in total. The van der Waals surface area contributed by atoms with Crippen LogP contribution in [-0.4, -0.2) is 30.7 Å². The van der Waals surface area contributed by atoms with Gasteiger partial charge in [-0.2, -0.15) is 5.10 Å². The van der Waals surface area contributed by atoms with Crippen molar-refractivity contribution < 1.29 is 12.8 Å². The molecule has 3 rings (SSSR count). The molecule has 4 N–H and O–H groups in total. The van der Waals surface area contributed by atoms with Crippen molar-refractivity contribution >= 4 is 40.0 Å². The van der Waals surface area contributed by atoms with Gasteiger partial charge in [-0.25, -0.2) is 18.5 Å². The molecule has 2 heterocycles. The van der Waals surface area contributed by atoms with E-state index in [4.69, 9.17) is 9.56 Å². The van der Waals surface area contributed by atoms with Crippen molar-refractivity contribution in [1.82, 2.24) is 20.4 Å². The summed E-state index contributed by atoms with van der Waals surface area (Å²) >= 11 is 0. The Kier molecular flexibility index (Phi) is 9.72. The number of aliphatic imine (C=N–C) groups is 1. The highest BCUT2D eigenvalue weighted by molar-refractivity contribution is 14.0. The van der Waals surface area contributed by atoms with Crippen LogP contribution in [0.3, 0.4) is 0 Å². The van der Waals surface area contributed by atoms with Crippen LogP contribution in [0.4, 0.5) is 0 Å². The van der Waals surface area contributed by atoms with Gasteiger partial charge in [0.05, 0.1) is 23.4 Å². The minimum Gasteiger partial charge on any atom is -0.469 e. The van der Waals surface area contributed by atoms with Gasteiger partial charge in [0.1, 0.15) is 5.76 Å². The third kappa shape index (κ3) is 7.64. The van der Waals surface area contributed by atoms with Crippen molar-refractivity contribution in [2.24, 2.45) is 17.2 Å². The number of nitrogens with one attached hydrogen (secondary N) is 2. The summed E-state index contributed by atoms with van der Waals surface area (Å²) in [6.07, 6.45) is 5.23. The topological polar surface area (TPSA) is 128 Å². The molecule has 2 aromatic heterocycles. The van der Waals surface area contributed by atoms with Gasteiger partial charge in [-0.05, 0) is 36.2 Å². The number of guanidine groups is 1. The first-order chi connectivity index (χ1) is 14.8. The van der Waals surface area contributed by atoms with Crippen molar-refractivity contribution in [2.45, 2.75) is 37.8 Å². The molecule has 1 aromatic carbocycles. The average Bonchev–Trinajstić information content (AvgIpc) is 3.38. The summed E-state index contributed by atoms with van der Waals surface area (Å²) in [6.45, 7) is 3.70. The normalized spacial score (nSPS) is 11.8. The zero-order chi connectivity index (χ0) is 22.3. The quantitative estimate of drug-likeness (QED) is 0.205. The molecule has 0 aliphatic rings. The molecule has 0 saturated heterocycles. The van der Waals surface area contributed by atoms with E-state index in [9.17, 15) is 8.42 Å². The molecule has 174 valence electrons. The Hall–Kier alpha value is -2.38. The molecule has 0 spiro atoms. The van der Waals surface area contributed by atoms with E-state index in [1.807, 2.05) is 30.1 Å². The summed E-state index contributed by atoms with van der Waals surface area (Å²) < 4.78 is 30.0. The van der Waals surface area contributed by atoms with Crippen LogP contribution in [0.2, 0.25) is 0 Å². The van der Waals surface area contributed by atoms with Crippen molar-refractivity contribution in [3.8, 4) is 0 Å². The largest absolute Gasteiger partial charge is 0.469 e. The minimum atomic E-state index is -3.71. The number of benzene rings is 1. The highest BCUT2D eigenvalue weighted by Gasteiger charge is 2.09. The molecular formula is C21H29IN6O3S. The summed E-state index contributed by atoms with van der Waals surface area (Å²) in [6, 6.07) is 10.2. The van der Waals surface area contributed by atoms with Gasteiger partial charge in [0.25, 0.3) is 0 Å².